The van der Waals surface area contributed by atoms with Crippen molar-refractivity contribution in [1.29, 1.82) is 0 Å². The molecule has 0 saturated carbocycles. The van der Waals surface area contributed by atoms with Gasteiger partial charge in [-0.15, -0.1) is 6.58 Å². The first kappa shape index (κ1) is 16.7. The third-order valence-corrected chi connectivity index (χ3v) is 2.62. The summed E-state index contributed by atoms with van der Waals surface area (Å²) in [4.78, 5) is 27.0. The zero-order chi connectivity index (χ0) is 15.8. The molecule has 0 aromatic carbocycles. The van der Waals surface area contributed by atoms with E-state index in [2.05, 4.69) is 16.9 Å². The van der Waals surface area contributed by atoms with Gasteiger partial charge in [-0.1, -0.05) is 6.08 Å². The number of hydrogen-bond donors (Lipinski definition) is 2. The van der Waals surface area contributed by atoms with E-state index < -0.39 is 17.9 Å². The summed E-state index contributed by atoms with van der Waals surface area (Å²) in [6.07, 6.45) is 3.78. The van der Waals surface area contributed by atoms with Gasteiger partial charge in [-0.05, 0) is 32.8 Å². The van der Waals surface area contributed by atoms with Crippen molar-refractivity contribution >= 4 is 11.9 Å². The Morgan fingerprint density at radius 2 is 2.19 bits per heavy atom. The summed E-state index contributed by atoms with van der Waals surface area (Å²) in [5.41, 5.74) is 0.288. The maximum absolute atomic E-state index is 12.0. The first-order valence-corrected chi connectivity index (χ1v) is 6.71. The minimum atomic E-state index is -1.07. The van der Waals surface area contributed by atoms with Gasteiger partial charge in [-0.25, -0.2) is 9.78 Å². The van der Waals surface area contributed by atoms with Crippen molar-refractivity contribution in [3.05, 3.63) is 36.5 Å². The van der Waals surface area contributed by atoms with Crippen molar-refractivity contribution in [1.82, 2.24) is 10.3 Å². The number of pyridine rings is 1. The highest BCUT2D eigenvalue weighted by atomic mass is 16.5. The lowest BCUT2D eigenvalue weighted by Gasteiger charge is -2.14. The molecule has 0 saturated heterocycles. The molecule has 0 radical (unpaired) electrons. The predicted octanol–water partition coefficient (Wildman–Crippen LogP) is 2.02. The zero-order valence-electron chi connectivity index (χ0n) is 12.2. The zero-order valence-corrected chi connectivity index (χ0v) is 12.2. The van der Waals surface area contributed by atoms with Crippen molar-refractivity contribution < 1.29 is 19.4 Å². The van der Waals surface area contributed by atoms with Crippen LogP contribution in [0.5, 0.6) is 5.88 Å². The lowest BCUT2D eigenvalue weighted by Crippen LogP contribution is -2.40. The molecule has 114 valence electrons. The topological polar surface area (TPSA) is 88.5 Å². The molecule has 6 nitrogen and oxygen atoms in total. The van der Waals surface area contributed by atoms with Gasteiger partial charge in [0.1, 0.15) is 6.04 Å². The van der Waals surface area contributed by atoms with Crippen LogP contribution in [0.2, 0.25) is 0 Å². The van der Waals surface area contributed by atoms with Crippen molar-refractivity contribution in [3.63, 3.8) is 0 Å². The van der Waals surface area contributed by atoms with E-state index in [1.807, 2.05) is 13.8 Å². The van der Waals surface area contributed by atoms with E-state index >= 15 is 0 Å². The third kappa shape index (κ3) is 5.64. The molecule has 0 aliphatic carbocycles. The molecular weight excluding hydrogens is 272 g/mol. The van der Waals surface area contributed by atoms with Crippen LogP contribution in [0.25, 0.3) is 0 Å². The van der Waals surface area contributed by atoms with Crippen molar-refractivity contribution in [2.24, 2.45) is 0 Å². The maximum atomic E-state index is 12.0. The lowest BCUT2D eigenvalue weighted by molar-refractivity contribution is -0.139. The van der Waals surface area contributed by atoms with Gasteiger partial charge in [0.15, 0.2) is 0 Å². The van der Waals surface area contributed by atoms with Crippen LogP contribution in [0, 0.1) is 0 Å². The standard InChI is InChI=1S/C15H20N2O4/c1-4-5-6-12(15(19)20)17-14(18)11-7-8-13(16-9-11)21-10(2)3/h4,7-10,12H,1,5-6H2,2-3H3,(H,17,18)(H,19,20). The fourth-order valence-electron chi connectivity index (χ4n) is 1.61. The minimum Gasteiger partial charge on any atom is -0.480 e. The average Bonchev–Trinajstić information content (AvgIpc) is 2.43. The molecule has 1 amide bonds. The van der Waals surface area contributed by atoms with Crippen LogP contribution in [0.15, 0.2) is 31.0 Å². The van der Waals surface area contributed by atoms with Crippen LogP contribution in [-0.4, -0.2) is 34.1 Å². The van der Waals surface area contributed by atoms with E-state index in [4.69, 9.17) is 9.84 Å². The van der Waals surface area contributed by atoms with E-state index in [0.717, 1.165) is 0 Å². The Morgan fingerprint density at radius 1 is 1.48 bits per heavy atom. The molecule has 0 aliphatic heterocycles. The van der Waals surface area contributed by atoms with Crippen LogP contribution in [0.4, 0.5) is 0 Å². The van der Waals surface area contributed by atoms with Crippen LogP contribution in [-0.2, 0) is 4.79 Å². The fraction of sp³-hybridized carbons (Fsp3) is 0.400. The monoisotopic (exact) mass is 292 g/mol. The van der Waals surface area contributed by atoms with E-state index in [0.29, 0.717) is 18.7 Å². The summed E-state index contributed by atoms with van der Waals surface area (Å²) in [6, 6.07) is 2.18. The summed E-state index contributed by atoms with van der Waals surface area (Å²) < 4.78 is 5.37. The van der Waals surface area contributed by atoms with Gasteiger partial charge < -0.3 is 15.2 Å². The number of aromatic nitrogens is 1. The Labute approximate surface area is 123 Å². The molecule has 6 heteroatoms. The Kier molecular flexibility index (Phi) is 6.39. The number of carboxylic acid groups (broad SMARTS) is 1. The lowest BCUT2D eigenvalue weighted by atomic mass is 10.1. The largest absolute Gasteiger partial charge is 0.480 e. The second-order valence-electron chi connectivity index (χ2n) is 4.78. The number of rotatable bonds is 8. The molecule has 0 bridgehead atoms. The number of nitrogens with zero attached hydrogens (tertiary/aromatic N) is 1. The summed E-state index contributed by atoms with van der Waals surface area (Å²) in [5.74, 6) is -1.13. The first-order valence-electron chi connectivity index (χ1n) is 6.71. The molecule has 1 aromatic heterocycles. The number of carbonyl (C=O) groups is 2. The van der Waals surface area contributed by atoms with E-state index in [1.54, 1.807) is 18.2 Å². The van der Waals surface area contributed by atoms with E-state index in [1.165, 1.54) is 6.20 Å². The molecule has 0 aliphatic rings. The first-order chi connectivity index (χ1) is 9.93. The number of carbonyl (C=O) groups excluding carboxylic acids is 1. The van der Waals surface area contributed by atoms with Crippen LogP contribution in [0.1, 0.15) is 37.0 Å². The normalized spacial score (nSPS) is 11.8. The van der Waals surface area contributed by atoms with Gasteiger partial charge in [0.2, 0.25) is 5.88 Å². The summed E-state index contributed by atoms with van der Waals surface area (Å²) in [7, 11) is 0. The molecule has 1 unspecified atom stereocenters. The number of aliphatic carboxylic acids is 1. The second kappa shape index (κ2) is 8.04. The smallest absolute Gasteiger partial charge is 0.326 e. The molecule has 0 fully saturated rings. The molecule has 1 heterocycles. The number of allylic oxidation sites excluding steroid dienone is 1. The quantitative estimate of drug-likeness (QED) is 0.716. The highest BCUT2D eigenvalue weighted by molar-refractivity contribution is 5.96. The molecular formula is C15H20N2O4. The number of nitrogens with one attached hydrogen (secondary N) is 1. The molecule has 21 heavy (non-hydrogen) atoms. The molecule has 2 N–H and O–H groups in total. The highest BCUT2D eigenvalue weighted by Gasteiger charge is 2.20. The molecule has 0 spiro atoms. The Hall–Kier alpha value is -2.37. The van der Waals surface area contributed by atoms with E-state index in [-0.39, 0.29) is 11.7 Å². The van der Waals surface area contributed by atoms with Crippen molar-refractivity contribution in [2.75, 3.05) is 0 Å². The highest BCUT2D eigenvalue weighted by Crippen LogP contribution is 2.10. The average molecular weight is 292 g/mol. The maximum Gasteiger partial charge on any atom is 0.326 e. The Bertz CT molecular complexity index is 497. The SMILES string of the molecule is C=CCCC(NC(=O)c1ccc(OC(C)C)nc1)C(=O)O. The van der Waals surface area contributed by atoms with Crippen molar-refractivity contribution in [3.8, 4) is 5.88 Å². The number of ether oxygens (including phenoxy) is 1. The van der Waals surface area contributed by atoms with Crippen LogP contribution in [0.3, 0.4) is 0 Å². The summed E-state index contributed by atoms with van der Waals surface area (Å²) >= 11 is 0. The number of hydrogen-bond acceptors (Lipinski definition) is 4. The summed E-state index contributed by atoms with van der Waals surface area (Å²) in [6.45, 7) is 7.28. The molecule has 1 atom stereocenters. The Balaban J connectivity index is 2.69. The molecule has 1 rings (SSSR count). The number of carboxylic acids is 1. The van der Waals surface area contributed by atoms with Gasteiger partial charge in [0, 0.05) is 12.3 Å². The predicted molar refractivity (Wildman–Crippen MR) is 78.3 cm³/mol. The fourth-order valence-corrected chi connectivity index (χ4v) is 1.61. The minimum absolute atomic E-state index is 0.00697. The van der Waals surface area contributed by atoms with Gasteiger partial charge in [0.05, 0.1) is 11.7 Å². The van der Waals surface area contributed by atoms with Gasteiger partial charge in [0.25, 0.3) is 5.91 Å². The Morgan fingerprint density at radius 3 is 2.67 bits per heavy atom. The number of amides is 1. The second-order valence-corrected chi connectivity index (χ2v) is 4.78. The van der Waals surface area contributed by atoms with Gasteiger partial charge >= 0.3 is 5.97 Å². The van der Waals surface area contributed by atoms with Crippen LogP contribution >= 0.6 is 0 Å². The van der Waals surface area contributed by atoms with Gasteiger partial charge in [-0.3, -0.25) is 4.79 Å². The third-order valence-electron chi connectivity index (χ3n) is 2.62. The van der Waals surface area contributed by atoms with Crippen molar-refractivity contribution in [2.45, 2.75) is 38.8 Å². The van der Waals surface area contributed by atoms with E-state index in [9.17, 15) is 9.59 Å². The van der Waals surface area contributed by atoms with Gasteiger partial charge in [-0.2, -0.15) is 0 Å². The summed E-state index contributed by atoms with van der Waals surface area (Å²) in [5, 5.41) is 11.5. The van der Waals surface area contributed by atoms with Crippen LogP contribution < -0.4 is 10.1 Å². The molecule has 1 aromatic rings.